The van der Waals surface area contributed by atoms with Crippen molar-refractivity contribution in [3.8, 4) is 5.75 Å². The Morgan fingerprint density at radius 2 is 1.81 bits per heavy atom. The van der Waals surface area contributed by atoms with Gasteiger partial charge in [0.2, 0.25) is 0 Å². The third-order valence-electron chi connectivity index (χ3n) is 2.41. The van der Waals surface area contributed by atoms with Gasteiger partial charge in [0, 0.05) is 23.5 Å². The summed E-state index contributed by atoms with van der Waals surface area (Å²) in [6.07, 6.45) is 3.14. The number of phenolic OH excluding ortho intramolecular Hbond substituents is 1. The summed E-state index contributed by atoms with van der Waals surface area (Å²) in [7, 11) is 0. The predicted molar refractivity (Wildman–Crippen MR) is 60.5 cm³/mol. The smallest absolute Gasteiger partial charge is 0.193 e. The van der Waals surface area contributed by atoms with Gasteiger partial charge < -0.3 is 5.11 Å². The Kier molecular flexibility index (Phi) is 2.68. The van der Waals surface area contributed by atoms with E-state index in [1.165, 1.54) is 6.07 Å². The van der Waals surface area contributed by atoms with Crippen LogP contribution in [0.3, 0.4) is 0 Å². The Morgan fingerprint density at radius 3 is 2.44 bits per heavy atom. The predicted octanol–water partition coefficient (Wildman–Crippen LogP) is 2.33. The summed E-state index contributed by atoms with van der Waals surface area (Å²) in [5.41, 5.74) is 1.80. The minimum Gasteiger partial charge on any atom is -0.508 e. The Hall–Kier alpha value is -2.16. The fourth-order valence-electron chi connectivity index (χ4n) is 1.42. The molecule has 0 radical (unpaired) electrons. The topological polar surface area (TPSA) is 50.2 Å². The highest BCUT2D eigenvalue weighted by molar-refractivity contribution is 6.09. The lowest BCUT2D eigenvalue weighted by Gasteiger charge is -2.03. The molecule has 0 saturated heterocycles. The molecule has 1 heterocycles. The Labute approximate surface area is 93.4 Å². The molecule has 16 heavy (non-hydrogen) atoms. The molecule has 0 amide bonds. The fourth-order valence-corrected chi connectivity index (χ4v) is 1.42. The van der Waals surface area contributed by atoms with E-state index in [9.17, 15) is 9.90 Å². The van der Waals surface area contributed by atoms with Crippen molar-refractivity contribution in [2.24, 2.45) is 0 Å². The van der Waals surface area contributed by atoms with Crippen LogP contribution in [0.2, 0.25) is 0 Å². The van der Waals surface area contributed by atoms with E-state index in [0.29, 0.717) is 11.1 Å². The van der Waals surface area contributed by atoms with E-state index in [1.54, 1.807) is 43.6 Å². The molecule has 2 rings (SSSR count). The number of ketones is 1. The van der Waals surface area contributed by atoms with Crippen LogP contribution in [0.4, 0.5) is 0 Å². The zero-order valence-electron chi connectivity index (χ0n) is 8.84. The van der Waals surface area contributed by atoms with E-state index >= 15 is 0 Å². The number of rotatable bonds is 2. The molecular formula is C13H11NO2. The number of nitrogens with zero attached hydrogens (tertiary/aromatic N) is 1. The Balaban J connectivity index is 2.39. The van der Waals surface area contributed by atoms with Gasteiger partial charge in [0.05, 0.1) is 0 Å². The van der Waals surface area contributed by atoms with Crippen LogP contribution in [0.25, 0.3) is 0 Å². The molecule has 0 bridgehead atoms. The summed E-state index contributed by atoms with van der Waals surface area (Å²) in [6, 6.07) is 8.22. The highest BCUT2D eigenvalue weighted by Crippen LogP contribution is 2.19. The summed E-state index contributed by atoms with van der Waals surface area (Å²) in [4.78, 5) is 15.8. The SMILES string of the molecule is Cc1ccc(C(=O)c2ccncc2)cc1O. The molecule has 80 valence electrons. The van der Waals surface area contributed by atoms with Crippen molar-refractivity contribution < 1.29 is 9.90 Å². The third kappa shape index (κ3) is 1.93. The maximum atomic E-state index is 12.0. The number of aryl methyl sites for hydroxylation is 1. The van der Waals surface area contributed by atoms with Gasteiger partial charge in [-0.25, -0.2) is 0 Å². The van der Waals surface area contributed by atoms with Gasteiger partial charge in [0.15, 0.2) is 5.78 Å². The number of benzene rings is 1. The van der Waals surface area contributed by atoms with Crippen molar-refractivity contribution in [1.29, 1.82) is 0 Å². The van der Waals surface area contributed by atoms with Crippen LogP contribution in [0.1, 0.15) is 21.5 Å². The molecule has 3 heteroatoms. The number of phenols is 1. The van der Waals surface area contributed by atoms with E-state index in [4.69, 9.17) is 0 Å². The van der Waals surface area contributed by atoms with E-state index in [1.807, 2.05) is 0 Å². The largest absolute Gasteiger partial charge is 0.508 e. The summed E-state index contributed by atoms with van der Waals surface area (Å²) >= 11 is 0. The van der Waals surface area contributed by atoms with E-state index in [0.717, 1.165) is 5.56 Å². The van der Waals surface area contributed by atoms with Gasteiger partial charge in [-0.2, -0.15) is 0 Å². The summed E-state index contributed by atoms with van der Waals surface area (Å²) in [5, 5.41) is 9.53. The standard InChI is InChI=1S/C13H11NO2/c1-9-2-3-11(8-12(9)15)13(16)10-4-6-14-7-5-10/h2-8,15H,1H3. The molecule has 1 aromatic heterocycles. The van der Waals surface area contributed by atoms with Crippen molar-refractivity contribution in [2.75, 3.05) is 0 Å². The van der Waals surface area contributed by atoms with Gasteiger partial charge in [-0.3, -0.25) is 9.78 Å². The lowest BCUT2D eigenvalue weighted by molar-refractivity contribution is 0.103. The number of hydrogen-bond acceptors (Lipinski definition) is 3. The minimum atomic E-state index is -0.113. The molecule has 0 spiro atoms. The molecule has 0 fully saturated rings. The van der Waals surface area contributed by atoms with Gasteiger partial charge in [-0.05, 0) is 30.7 Å². The molecular weight excluding hydrogens is 202 g/mol. The first-order valence-electron chi connectivity index (χ1n) is 4.93. The number of carbonyl (C=O) groups excluding carboxylic acids is 1. The van der Waals surface area contributed by atoms with Gasteiger partial charge in [-0.1, -0.05) is 12.1 Å². The zero-order chi connectivity index (χ0) is 11.5. The van der Waals surface area contributed by atoms with Crippen molar-refractivity contribution in [2.45, 2.75) is 6.92 Å². The number of pyridine rings is 1. The monoisotopic (exact) mass is 213 g/mol. The lowest BCUT2D eigenvalue weighted by atomic mass is 10.0. The van der Waals surface area contributed by atoms with Gasteiger partial charge in [0.1, 0.15) is 5.75 Å². The Morgan fingerprint density at radius 1 is 1.12 bits per heavy atom. The van der Waals surface area contributed by atoms with E-state index < -0.39 is 0 Å². The average Bonchev–Trinajstić information content (AvgIpc) is 2.33. The van der Waals surface area contributed by atoms with Crippen LogP contribution in [0, 0.1) is 6.92 Å². The Bertz CT molecular complexity index is 521. The molecule has 0 aliphatic carbocycles. The number of aromatic hydroxyl groups is 1. The summed E-state index contributed by atoms with van der Waals surface area (Å²) < 4.78 is 0. The number of aromatic nitrogens is 1. The molecule has 0 aliphatic heterocycles. The first-order chi connectivity index (χ1) is 7.68. The number of carbonyl (C=O) groups is 1. The molecule has 3 nitrogen and oxygen atoms in total. The second kappa shape index (κ2) is 4.14. The fraction of sp³-hybridized carbons (Fsp3) is 0.0769. The second-order valence-corrected chi connectivity index (χ2v) is 3.57. The highest BCUT2D eigenvalue weighted by Gasteiger charge is 2.09. The molecule has 1 N–H and O–H groups in total. The molecule has 0 unspecified atom stereocenters. The lowest BCUT2D eigenvalue weighted by Crippen LogP contribution is -2.01. The molecule has 2 aromatic rings. The van der Waals surface area contributed by atoms with Crippen LogP contribution in [0.15, 0.2) is 42.7 Å². The number of hydrogen-bond donors (Lipinski definition) is 1. The van der Waals surface area contributed by atoms with Gasteiger partial charge in [0.25, 0.3) is 0 Å². The molecule has 0 aliphatic rings. The minimum absolute atomic E-state index is 0.113. The van der Waals surface area contributed by atoms with E-state index in [-0.39, 0.29) is 11.5 Å². The van der Waals surface area contributed by atoms with Crippen molar-refractivity contribution in [3.05, 3.63) is 59.4 Å². The molecule has 1 aromatic carbocycles. The molecule has 0 atom stereocenters. The van der Waals surface area contributed by atoms with Crippen LogP contribution in [0.5, 0.6) is 5.75 Å². The van der Waals surface area contributed by atoms with Crippen molar-refractivity contribution in [3.63, 3.8) is 0 Å². The van der Waals surface area contributed by atoms with Crippen LogP contribution in [-0.4, -0.2) is 15.9 Å². The summed E-state index contributed by atoms with van der Waals surface area (Å²) in [5.74, 6) is 0.0256. The zero-order valence-corrected chi connectivity index (χ0v) is 8.84. The maximum Gasteiger partial charge on any atom is 0.193 e. The maximum absolute atomic E-state index is 12.0. The quantitative estimate of drug-likeness (QED) is 0.779. The van der Waals surface area contributed by atoms with E-state index in [2.05, 4.69) is 4.98 Å². The summed E-state index contributed by atoms with van der Waals surface area (Å²) in [6.45, 7) is 1.79. The molecule has 0 saturated carbocycles. The first-order valence-corrected chi connectivity index (χ1v) is 4.93. The van der Waals surface area contributed by atoms with Crippen LogP contribution < -0.4 is 0 Å². The third-order valence-corrected chi connectivity index (χ3v) is 2.41. The van der Waals surface area contributed by atoms with Crippen molar-refractivity contribution >= 4 is 5.78 Å². The van der Waals surface area contributed by atoms with Crippen LogP contribution >= 0.6 is 0 Å². The van der Waals surface area contributed by atoms with Gasteiger partial charge in [-0.15, -0.1) is 0 Å². The highest BCUT2D eigenvalue weighted by atomic mass is 16.3. The van der Waals surface area contributed by atoms with Crippen LogP contribution in [-0.2, 0) is 0 Å². The normalized spacial score (nSPS) is 10.1. The average molecular weight is 213 g/mol. The second-order valence-electron chi connectivity index (χ2n) is 3.57. The van der Waals surface area contributed by atoms with Gasteiger partial charge >= 0.3 is 0 Å². The van der Waals surface area contributed by atoms with Crippen molar-refractivity contribution in [1.82, 2.24) is 4.98 Å². The first kappa shape index (κ1) is 10.4.